The molecule has 1 N–H and O–H groups in total. The molecular formula is C17H15ClF4N4OS. The van der Waals surface area contributed by atoms with Crippen LogP contribution in [-0.4, -0.2) is 39.2 Å². The van der Waals surface area contributed by atoms with Crippen LogP contribution in [0.15, 0.2) is 24.4 Å². The highest BCUT2D eigenvalue weighted by atomic mass is 35.5. The molecular weight excluding hydrogens is 420 g/mol. The van der Waals surface area contributed by atoms with Crippen LogP contribution in [-0.2, 0) is 18.0 Å². The summed E-state index contributed by atoms with van der Waals surface area (Å²) in [5, 5.41) is 6.54. The summed E-state index contributed by atoms with van der Waals surface area (Å²) in [6.07, 6.45) is -3.47. The van der Waals surface area contributed by atoms with Crippen LogP contribution >= 0.6 is 23.8 Å². The molecule has 0 saturated carbocycles. The Morgan fingerprint density at radius 2 is 2.04 bits per heavy atom. The van der Waals surface area contributed by atoms with E-state index in [1.165, 1.54) is 10.9 Å². The Bertz CT molecular complexity index is 946. The number of likely N-dealkylation sites (N-methyl/N-ethyl adjacent to an activating group) is 1. The minimum atomic E-state index is -4.97. The van der Waals surface area contributed by atoms with Gasteiger partial charge in [0, 0.05) is 32.1 Å². The van der Waals surface area contributed by atoms with Crippen molar-refractivity contribution < 1.29 is 22.4 Å². The highest BCUT2D eigenvalue weighted by molar-refractivity contribution is 7.80. The molecule has 1 aliphatic rings. The lowest BCUT2D eigenvalue weighted by Crippen LogP contribution is -2.32. The van der Waals surface area contributed by atoms with E-state index in [1.54, 1.807) is 19.0 Å². The van der Waals surface area contributed by atoms with Gasteiger partial charge in [-0.15, -0.1) is 0 Å². The van der Waals surface area contributed by atoms with Crippen molar-refractivity contribution in [1.82, 2.24) is 14.7 Å². The number of thiocarbonyl (C=S) groups is 1. The zero-order chi connectivity index (χ0) is 20.8. The molecule has 0 spiro atoms. The van der Waals surface area contributed by atoms with Crippen molar-refractivity contribution in [3.8, 4) is 0 Å². The number of aromatic nitrogens is 2. The van der Waals surface area contributed by atoms with Crippen LogP contribution in [0.1, 0.15) is 17.0 Å². The lowest BCUT2D eigenvalue weighted by Gasteiger charge is -2.20. The molecule has 1 fully saturated rings. The first-order chi connectivity index (χ1) is 13.0. The number of hydrogen-bond donors (Lipinski definition) is 1. The highest BCUT2D eigenvalue weighted by Crippen LogP contribution is 2.40. The van der Waals surface area contributed by atoms with E-state index >= 15 is 0 Å². The molecule has 3 rings (SSSR count). The van der Waals surface area contributed by atoms with E-state index < -0.39 is 41.0 Å². The number of amides is 1. The number of anilines is 1. The second-order valence-corrected chi connectivity index (χ2v) is 7.24. The van der Waals surface area contributed by atoms with Gasteiger partial charge in [0.05, 0.1) is 22.8 Å². The zero-order valence-corrected chi connectivity index (χ0v) is 16.3. The maximum absolute atomic E-state index is 13.8. The number of benzene rings is 1. The van der Waals surface area contributed by atoms with Gasteiger partial charge in [-0.3, -0.25) is 9.48 Å². The third-order valence-electron chi connectivity index (χ3n) is 4.64. The normalized spacial score (nSPS) is 20.0. The highest BCUT2D eigenvalue weighted by Gasteiger charge is 2.44. The quantitative estimate of drug-likeness (QED) is 0.589. The maximum Gasteiger partial charge on any atom is 0.421 e. The van der Waals surface area contributed by atoms with Crippen molar-refractivity contribution in [3.05, 3.63) is 46.5 Å². The summed E-state index contributed by atoms with van der Waals surface area (Å²) in [7, 11) is 3.30. The number of nitrogens with zero attached hydrogens (tertiary/aromatic N) is 3. The first kappa shape index (κ1) is 20.5. The number of aryl methyl sites for hydroxylation is 1. The van der Waals surface area contributed by atoms with Gasteiger partial charge in [0.25, 0.3) is 0 Å². The monoisotopic (exact) mass is 434 g/mol. The van der Waals surface area contributed by atoms with Gasteiger partial charge >= 0.3 is 6.18 Å². The van der Waals surface area contributed by atoms with Crippen molar-refractivity contribution >= 4 is 40.4 Å². The van der Waals surface area contributed by atoms with Crippen LogP contribution < -0.4 is 5.32 Å². The summed E-state index contributed by atoms with van der Waals surface area (Å²) in [6.45, 7) is 0.345. The lowest BCUT2D eigenvalue weighted by molar-refractivity contribution is -0.139. The van der Waals surface area contributed by atoms with E-state index in [0.29, 0.717) is 23.3 Å². The van der Waals surface area contributed by atoms with E-state index in [9.17, 15) is 22.4 Å². The van der Waals surface area contributed by atoms with Gasteiger partial charge in [-0.1, -0.05) is 29.9 Å². The first-order valence-corrected chi connectivity index (χ1v) is 8.90. The predicted octanol–water partition coefficient (Wildman–Crippen LogP) is 3.84. The Balaban J connectivity index is 1.96. The van der Waals surface area contributed by atoms with Gasteiger partial charge < -0.3 is 10.2 Å². The number of likely N-dealkylation sites (tertiary alicyclic amines) is 1. The fourth-order valence-electron chi connectivity index (χ4n) is 3.29. The third kappa shape index (κ3) is 3.58. The van der Waals surface area contributed by atoms with Gasteiger partial charge in [-0.25, -0.2) is 4.39 Å². The molecule has 2 heterocycles. The van der Waals surface area contributed by atoms with Gasteiger partial charge in [0.15, 0.2) is 0 Å². The number of nitrogens with one attached hydrogen (secondary N) is 1. The maximum atomic E-state index is 13.8. The summed E-state index contributed by atoms with van der Waals surface area (Å²) in [5.41, 5.74) is -1.63. The fourth-order valence-corrected chi connectivity index (χ4v) is 3.87. The second-order valence-electron chi connectivity index (χ2n) is 6.47. The molecule has 150 valence electrons. The van der Waals surface area contributed by atoms with Crippen molar-refractivity contribution in [2.24, 2.45) is 13.0 Å². The van der Waals surface area contributed by atoms with Gasteiger partial charge in [0.1, 0.15) is 16.5 Å². The topological polar surface area (TPSA) is 50.2 Å². The van der Waals surface area contributed by atoms with E-state index in [0.717, 1.165) is 12.1 Å². The minimum absolute atomic E-state index is 0.257. The van der Waals surface area contributed by atoms with Crippen LogP contribution in [0.4, 0.5) is 23.2 Å². The minimum Gasteiger partial charge on any atom is -0.368 e. The summed E-state index contributed by atoms with van der Waals surface area (Å²) in [5.74, 6) is -3.69. The molecule has 1 aromatic carbocycles. The van der Waals surface area contributed by atoms with Crippen LogP contribution in [0.5, 0.6) is 0 Å². The van der Waals surface area contributed by atoms with Gasteiger partial charge in [0.2, 0.25) is 5.91 Å². The number of rotatable bonds is 3. The van der Waals surface area contributed by atoms with Crippen molar-refractivity contribution in [2.75, 3.05) is 18.9 Å². The Labute approximate surface area is 168 Å². The summed E-state index contributed by atoms with van der Waals surface area (Å²) in [4.78, 5) is 14.8. The average Bonchev–Trinajstić information content (AvgIpc) is 3.06. The predicted molar refractivity (Wildman–Crippen MR) is 99.7 cm³/mol. The standard InChI is InChI=1S/C17H15ClF4N4OS/c1-25-7-9(8-6-23-26(2)14(8)18)12(16(25)28)15(27)24-11-5-3-4-10(19)13(11)17(20,21)22/h3-6,9,12H,7H2,1-2H3,(H,24,27)/t9-,12+/m1/s1. The average molecular weight is 435 g/mol. The first-order valence-electron chi connectivity index (χ1n) is 8.11. The molecule has 2 aromatic rings. The van der Waals surface area contributed by atoms with Crippen molar-refractivity contribution in [3.63, 3.8) is 0 Å². The lowest BCUT2D eigenvalue weighted by atomic mass is 9.90. The number of alkyl halides is 3. The third-order valence-corrected chi connectivity index (χ3v) is 5.67. The number of halogens is 5. The van der Waals surface area contributed by atoms with Crippen LogP contribution in [0.2, 0.25) is 5.15 Å². The number of carbonyl (C=O) groups is 1. The number of hydrogen-bond acceptors (Lipinski definition) is 3. The SMILES string of the molecule is CN1C[C@H](c2cnn(C)c2Cl)[C@@H](C(=O)Nc2cccc(F)c2C(F)(F)F)C1=S. The molecule has 2 atom stereocenters. The van der Waals surface area contributed by atoms with Crippen LogP contribution in [0, 0.1) is 11.7 Å². The molecule has 1 saturated heterocycles. The molecule has 11 heteroatoms. The van der Waals surface area contributed by atoms with Gasteiger partial charge in [-0.05, 0) is 12.1 Å². The molecule has 1 amide bonds. The summed E-state index contributed by atoms with van der Waals surface area (Å²) in [6, 6.07) is 2.77. The largest absolute Gasteiger partial charge is 0.421 e. The van der Waals surface area contributed by atoms with E-state index in [2.05, 4.69) is 10.4 Å². The molecule has 5 nitrogen and oxygen atoms in total. The second kappa shape index (κ2) is 7.32. The van der Waals surface area contributed by atoms with E-state index in [-0.39, 0.29) is 4.99 Å². The fraction of sp³-hybridized carbons (Fsp3) is 0.353. The van der Waals surface area contributed by atoms with Gasteiger partial charge in [-0.2, -0.15) is 18.3 Å². The molecule has 1 aromatic heterocycles. The molecule has 0 bridgehead atoms. The summed E-state index contributed by atoms with van der Waals surface area (Å²) >= 11 is 11.5. The van der Waals surface area contributed by atoms with Crippen molar-refractivity contribution in [2.45, 2.75) is 12.1 Å². The molecule has 0 unspecified atom stereocenters. The Hall–Kier alpha value is -2.20. The molecule has 0 aliphatic carbocycles. The summed E-state index contributed by atoms with van der Waals surface area (Å²) < 4.78 is 54.9. The smallest absolute Gasteiger partial charge is 0.368 e. The zero-order valence-electron chi connectivity index (χ0n) is 14.7. The molecule has 0 radical (unpaired) electrons. The van der Waals surface area contributed by atoms with Crippen LogP contribution in [0.25, 0.3) is 0 Å². The molecule has 1 aliphatic heterocycles. The Kier molecular flexibility index (Phi) is 5.37. The van der Waals surface area contributed by atoms with E-state index in [1.807, 2.05) is 0 Å². The van der Waals surface area contributed by atoms with Crippen LogP contribution in [0.3, 0.4) is 0 Å². The van der Waals surface area contributed by atoms with E-state index in [4.69, 9.17) is 23.8 Å². The Morgan fingerprint density at radius 1 is 1.36 bits per heavy atom. The molecule has 28 heavy (non-hydrogen) atoms. The number of carbonyl (C=O) groups excluding carboxylic acids is 1. The Morgan fingerprint density at radius 3 is 2.61 bits per heavy atom. The van der Waals surface area contributed by atoms with Crippen molar-refractivity contribution in [1.29, 1.82) is 0 Å².